The molecule has 2 heterocycles. The molecule has 1 aliphatic heterocycles. The van der Waals surface area contributed by atoms with Gasteiger partial charge in [0.15, 0.2) is 0 Å². The number of ether oxygens (including phenoxy) is 1. The summed E-state index contributed by atoms with van der Waals surface area (Å²) in [5.41, 5.74) is 2.36. The lowest BCUT2D eigenvalue weighted by Crippen LogP contribution is -2.40. The van der Waals surface area contributed by atoms with Crippen LogP contribution in [-0.2, 0) is 14.8 Å². The molecular formula is C21H21ClN4O4S. The molecule has 10 heteroatoms. The van der Waals surface area contributed by atoms with E-state index < -0.39 is 15.9 Å². The van der Waals surface area contributed by atoms with Crippen molar-refractivity contribution >= 4 is 33.2 Å². The molecule has 3 aromatic rings. The molecule has 0 bridgehead atoms. The Hall–Kier alpha value is -2.72. The molecule has 1 aliphatic rings. The van der Waals surface area contributed by atoms with Gasteiger partial charge < -0.3 is 10.1 Å². The molecule has 31 heavy (non-hydrogen) atoms. The van der Waals surface area contributed by atoms with Gasteiger partial charge in [-0.1, -0.05) is 17.7 Å². The van der Waals surface area contributed by atoms with E-state index in [1.807, 2.05) is 19.1 Å². The molecule has 0 spiro atoms. The van der Waals surface area contributed by atoms with Gasteiger partial charge in [0.1, 0.15) is 0 Å². The second kappa shape index (κ2) is 8.80. The van der Waals surface area contributed by atoms with Crippen molar-refractivity contribution in [1.29, 1.82) is 0 Å². The average molecular weight is 461 g/mol. The lowest BCUT2D eigenvalue weighted by atomic mass is 10.2. The van der Waals surface area contributed by atoms with Crippen molar-refractivity contribution in [3.05, 3.63) is 71.0 Å². The van der Waals surface area contributed by atoms with E-state index in [1.165, 1.54) is 22.5 Å². The molecule has 1 aromatic heterocycles. The van der Waals surface area contributed by atoms with Gasteiger partial charge in [0, 0.05) is 30.7 Å². The lowest BCUT2D eigenvalue weighted by Gasteiger charge is -2.26. The minimum atomic E-state index is -3.75. The zero-order valence-corrected chi connectivity index (χ0v) is 18.4. The summed E-state index contributed by atoms with van der Waals surface area (Å²) in [5.74, 6) is -0.502. The fourth-order valence-corrected chi connectivity index (χ4v) is 4.97. The zero-order chi connectivity index (χ0) is 22.0. The third kappa shape index (κ3) is 4.49. The second-order valence-corrected chi connectivity index (χ2v) is 9.39. The van der Waals surface area contributed by atoms with E-state index in [1.54, 1.807) is 29.1 Å². The van der Waals surface area contributed by atoms with E-state index in [-0.39, 0.29) is 28.6 Å². The van der Waals surface area contributed by atoms with Crippen LogP contribution in [0.15, 0.2) is 59.6 Å². The van der Waals surface area contributed by atoms with Crippen molar-refractivity contribution in [2.75, 3.05) is 31.6 Å². The molecule has 1 amide bonds. The van der Waals surface area contributed by atoms with Crippen LogP contribution in [0.3, 0.4) is 0 Å². The minimum Gasteiger partial charge on any atom is -0.379 e. The van der Waals surface area contributed by atoms with Crippen molar-refractivity contribution in [3.63, 3.8) is 0 Å². The molecule has 0 unspecified atom stereocenters. The van der Waals surface area contributed by atoms with Gasteiger partial charge >= 0.3 is 0 Å². The first-order valence-electron chi connectivity index (χ1n) is 9.66. The van der Waals surface area contributed by atoms with Crippen LogP contribution in [-0.4, -0.2) is 54.7 Å². The normalized spacial score (nSPS) is 15.0. The Morgan fingerprint density at radius 3 is 2.61 bits per heavy atom. The maximum Gasteiger partial charge on any atom is 0.257 e. The summed E-state index contributed by atoms with van der Waals surface area (Å²) >= 11 is 6.22. The number of morpholine rings is 1. The molecular weight excluding hydrogens is 440 g/mol. The minimum absolute atomic E-state index is 0.0184. The number of benzene rings is 2. The highest BCUT2D eigenvalue weighted by molar-refractivity contribution is 7.89. The first kappa shape index (κ1) is 21.5. The van der Waals surface area contributed by atoms with Crippen LogP contribution < -0.4 is 5.32 Å². The zero-order valence-electron chi connectivity index (χ0n) is 16.8. The van der Waals surface area contributed by atoms with Crippen LogP contribution >= 0.6 is 11.6 Å². The van der Waals surface area contributed by atoms with E-state index in [0.717, 1.165) is 11.4 Å². The number of halogens is 1. The van der Waals surface area contributed by atoms with Crippen LogP contribution in [0, 0.1) is 6.92 Å². The number of rotatable bonds is 5. The van der Waals surface area contributed by atoms with Crippen LogP contribution in [0.25, 0.3) is 5.69 Å². The van der Waals surface area contributed by atoms with Crippen molar-refractivity contribution in [2.24, 2.45) is 0 Å². The predicted octanol–water partition coefficient (Wildman–Crippen LogP) is 3.11. The number of anilines is 1. The third-order valence-electron chi connectivity index (χ3n) is 4.97. The van der Waals surface area contributed by atoms with Gasteiger partial charge in [-0.15, -0.1) is 0 Å². The fraction of sp³-hybridized carbons (Fsp3) is 0.238. The number of aryl methyl sites for hydroxylation is 1. The first-order valence-corrected chi connectivity index (χ1v) is 11.5. The number of sulfonamides is 1. The fourth-order valence-electron chi connectivity index (χ4n) is 3.33. The van der Waals surface area contributed by atoms with Crippen LogP contribution in [0.5, 0.6) is 0 Å². The largest absolute Gasteiger partial charge is 0.379 e. The van der Waals surface area contributed by atoms with E-state index in [9.17, 15) is 13.2 Å². The Balaban J connectivity index is 1.59. The monoisotopic (exact) mass is 460 g/mol. The molecule has 1 N–H and O–H groups in total. The molecule has 1 saturated heterocycles. The Bertz CT molecular complexity index is 1220. The summed E-state index contributed by atoms with van der Waals surface area (Å²) in [6, 6.07) is 13.2. The van der Waals surface area contributed by atoms with Crippen molar-refractivity contribution < 1.29 is 17.9 Å². The highest BCUT2D eigenvalue weighted by Crippen LogP contribution is 2.25. The van der Waals surface area contributed by atoms with Crippen molar-refractivity contribution in [1.82, 2.24) is 14.1 Å². The van der Waals surface area contributed by atoms with Crippen LogP contribution in [0.1, 0.15) is 16.1 Å². The molecule has 4 rings (SSSR count). The number of aromatic nitrogens is 2. The summed E-state index contributed by atoms with van der Waals surface area (Å²) in [6.07, 6.45) is 1.70. The van der Waals surface area contributed by atoms with Gasteiger partial charge in [0.05, 0.1) is 34.4 Å². The van der Waals surface area contributed by atoms with Gasteiger partial charge in [0.25, 0.3) is 5.91 Å². The molecule has 0 atom stereocenters. The molecule has 0 aliphatic carbocycles. The molecule has 162 valence electrons. The van der Waals surface area contributed by atoms with Gasteiger partial charge in [-0.25, -0.2) is 13.1 Å². The van der Waals surface area contributed by atoms with Gasteiger partial charge in [-0.2, -0.15) is 9.40 Å². The van der Waals surface area contributed by atoms with E-state index >= 15 is 0 Å². The number of nitrogens with zero attached hydrogens (tertiary/aromatic N) is 3. The SMILES string of the molecule is Cc1ccnn1-c1cccc(NC(=O)c2cc(S(=O)(=O)N3CCOCC3)ccc2Cl)c1. The Kier molecular flexibility index (Phi) is 6.10. The van der Waals surface area contributed by atoms with Crippen LogP contribution in [0.2, 0.25) is 5.02 Å². The quantitative estimate of drug-likeness (QED) is 0.631. The Morgan fingerprint density at radius 1 is 1.13 bits per heavy atom. The van der Waals surface area contributed by atoms with Gasteiger partial charge in [0.2, 0.25) is 10.0 Å². The number of carbonyl (C=O) groups excluding carboxylic acids is 1. The molecule has 1 fully saturated rings. The first-order chi connectivity index (χ1) is 14.9. The standard InChI is InChI=1S/C21H21ClN4O4S/c1-15-7-8-23-26(15)17-4-2-3-16(13-17)24-21(27)19-14-18(5-6-20(19)22)31(28,29)25-9-11-30-12-10-25/h2-8,13-14H,9-12H2,1H3,(H,24,27). The number of hydrogen-bond donors (Lipinski definition) is 1. The summed E-state index contributed by atoms with van der Waals surface area (Å²) in [7, 11) is -3.75. The second-order valence-electron chi connectivity index (χ2n) is 7.05. The average Bonchev–Trinajstić information content (AvgIpc) is 3.20. The van der Waals surface area contributed by atoms with Crippen molar-refractivity contribution in [3.8, 4) is 5.69 Å². The number of hydrogen-bond acceptors (Lipinski definition) is 5. The van der Waals surface area contributed by atoms with E-state index in [4.69, 9.17) is 16.3 Å². The maximum atomic E-state index is 12.9. The summed E-state index contributed by atoms with van der Waals surface area (Å²) in [5, 5.41) is 7.21. The highest BCUT2D eigenvalue weighted by atomic mass is 35.5. The third-order valence-corrected chi connectivity index (χ3v) is 7.20. The maximum absolute atomic E-state index is 12.9. The molecule has 8 nitrogen and oxygen atoms in total. The molecule has 0 radical (unpaired) electrons. The summed E-state index contributed by atoms with van der Waals surface area (Å²) in [6.45, 7) is 3.15. The van der Waals surface area contributed by atoms with E-state index in [2.05, 4.69) is 10.4 Å². The summed E-state index contributed by atoms with van der Waals surface area (Å²) < 4.78 is 34.2. The van der Waals surface area contributed by atoms with Crippen molar-refractivity contribution in [2.45, 2.75) is 11.8 Å². The number of amides is 1. The Morgan fingerprint density at radius 2 is 1.90 bits per heavy atom. The van der Waals surface area contributed by atoms with Gasteiger partial charge in [-0.05, 0) is 49.4 Å². The number of nitrogens with one attached hydrogen (secondary N) is 1. The molecule has 2 aromatic carbocycles. The predicted molar refractivity (Wildman–Crippen MR) is 117 cm³/mol. The lowest BCUT2D eigenvalue weighted by molar-refractivity contribution is 0.0730. The molecule has 0 saturated carbocycles. The smallest absolute Gasteiger partial charge is 0.257 e. The summed E-state index contributed by atoms with van der Waals surface area (Å²) in [4.78, 5) is 12.9. The van der Waals surface area contributed by atoms with Gasteiger partial charge in [-0.3, -0.25) is 4.79 Å². The highest BCUT2D eigenvalue weighted by Gasteiger charge is 2.27. The van der Waals surface area contributed by atoms with E-state index in [0.29, 0.717) is 18.9 Å². The topological polar surface area (TPSA) is 93.5 Å². The van der Waals surface area contributed by atoms with Crippen LogP contribution in [0.4, 0.5) is 5.69 Å². The Labute approximate surface area is 185 Å². The number of carbonyl (C=O) groups is 1.